The number of carbonyl (C=O) groups is 7. The van der Waals surface area contributed by atoms with E-state index >= 15 is 0 Å². The summed E-state index contributed by atoms with van der Waals surface area (Å²) in [5.41, 5.74) is 5.08. The van der Waals surface area contributed by atoms with E-state index in [0.717, 1.165) is 122 Å². The second kappa shape index (κ2) is 24.9. The Bertz CT molecular complexity index is 3960. The summed E-state index contributed by atoms with van der Waals surface area (Å²) < 4.78 is 19.2. The van der Waals surface area contributed by atoms with Gasteiger partial charge in [-0.25, -0.2) is 14.6 Å². The van der Waals surface area contributed by atoms with E-state index < -0.39 is 5.60 Å². The van der Waals surface area contributed by atoms with E-state index in [1.165, 1.54) is 0 Å². The molecule has 0 atom stereocenters. The van der Waals surface area contributed by atoms with Crippen molar-refractivity contribution in [3.8, 4) is 5.75 Å². The smallest absolute Gasteiger partial charge is 0.328 e. The van der Waals surface area contributed by atoms with Crippen molar-refractivity contribution in [3.05, 3.63) is 109 Å². The lowest BCUT2D eigenvalue weighted by atomic mass is 9.90. The standard InChI is InChI=1S/C41H45N11O5.C23H30N4O4/c1-47(39(54)25-48-17-12-28(13-18-48)49-19-14-30-33(49)5-3-6-34(30)50-20-15-38(53)45-41(50)56)27-8-10-29(11-9-27)51-24-26-21-31(35(57-2)22-32(26)46-51)40(55)44-37-23-42-36-7-4-16-43-52(36)37;1-23(2,3)31-21(29)15-25-11-7-16(8-12-25)26-13-9-17-18(26)5-4-6-19(17)27-14-10-20(28)24-22(27)30/h3-7,14,16,19,21-24,27-29H,8-13,15,17-18,20,25H2,1-2H3,(H,44,55)(H,45,53,56);4-6,9,13,16H,7-8,10-12,14-15H2,1-3H3,(H,24,28,30). The van der Waals surface area contributed by atoms with Crippen LogP contribution in [0.3, 0.4) is 0 Å². The number of nitrogens with one attached hydrogen (secondary N) is 3. The number of hydrogen-bond acceptors (Lipinski definition) is 14. The van der Waals surface area contributed by atoms with Crippen LogP contribution in [0.15, 0.2) is 104 Å². The molecule has 0 radical (unpaired) electrons. The number of piperidine rings is 2. The van der Waals surface area contributed by atoms with Gasteiger partial charge in [0.25, 0.3) is 5.91 Å². The molecule has 4 aliphatic heterocycles. The van der Waals surface area contributed by atoms with Crippen LogP contribution in [-0.4, -0.2) is 168 Å². The van der Waals surface area contributed by atoms with Crippen LogP contribution in [0.2, 0.25) is 0 Å². The van der Waals surface area contributed by atoms with Crippen molar-refractivity contribution in [3.63, 3.8) is 0 Å². The van der Waals surface area contributed by atoms with Gasteiger partial charge in [-0.05, 0) is 127 Å². The first-order valence-corrected chi connectivity index (χ1v) is 30.5. The summed E-state index contributed by atoms with van der Waals surface area (Å²) in [5.74, 6) is 0.0479. The Morgan fingerprint density at radius 3 is 1.83 bits per heavy atom. The zero-order valence-electron chi connectivity index (χ0n) is 50.4. The van der Waals surface area contributed by atoms with E-state index in [9.17, 15) is 33.6 Å². The summed E-state index contributed by atoms with van der Waals surface area (Å²) in [5, 5.41) is 19.7. The number of carbonyl (C=O) groups excluding carboxylic acids is 7. The Hall–Kier alpha value is -9.16. The Balaban J connectivity index is 0.000000205. The van der Waals surface area contributed by atoms with E-state index in [0.29, 0.717) is 67.5 Å². The predicted molar refractivity (Wildman–Crippen MR) is 331 cm³/mol. The Morgan fingerprint density at radius 2 is 1.27 bits per heavy atom. The molecule has 460 valence electrons. The fraction of sp³-hybridized carbons (Fsp3) is 0.438. The van der Waals surface area contributed by atoms with Gasteiger partial charge >= 0.3 is 18.0 Å². The summed E-state index contributed by atoms with van der Waals surface area (Å²) in [6, 6.07) is 23.5. The number of likely N-dealkylation sites (tertiary alicyclic amines) is 2. The van der Waals surface area contributed by atoms with Crippen LogP contribution in [-0.2, 0) is 23.9 Å². The molecule has 88 heavy (non-hydrogen) atoms. The first kappa shape index (κ1) is 59.2. The van der Waals surface area contributed by atoms with Crippen LogP contribution in [0.25, 0.3) is 38.4 Å². The van der Waals surface area contributed by atoms with Crippen LogP contribution in [0.1, 0.15) is 113 Å². The molecule has 5 fully saturated rings. The van der Waals surface area contributed by atoms with Gasteiger partial charge in [-0.3, -0.25) is 58.9 Å². The van der Waals surface area contributed by atoms with Gasteiger partial charge in [0.1, 0.15) is 11.4 Å². The number of likely N-dealkylation sites (N-methyl/N-ethyl adjacent to an activating group) is 1. The van der Waals surface area contributed by atoms with Crippen LogP contribution in [0, 0.1) is 0 Å². The molecule has 0 unspecified atom stereocenters. The van der Waals surface area contributed by atoms with Crippen molar-refractivity contribution in [2.45, 2.75) is 115 Å². The molecule has 5 aromatic heterocycles. The molecule has 9 heterocycles. The summed E-state index contributed by atoms with van der Waals surface area (Å²) in [6.45, 7) is 10.4. The van der Waals surface area contributed by atoms with E-state index in [1.54, 1.807) is 46.0 Å². The van der Waals surface area contributed by atoms with Crippen molar-refractivity contribution >= 4 is 97.2 Å². The normalized spacial score (nSPS) is 19.4. The lowest BCUT2D eigenvalue weighted by molar-refractivity contribution is -0.156. The topological polar surface area (TPSA) is 248 Å². The molecule has 13 rings (SSSR count). The van der Waals surface area contributed by atoms with Gasteiger partial charge in [0.15, 0.2) is 11.5 Å². The minimum Gasteiger partial charge on any atom is -0.496 e. The Labute approximate surface area is 508 Å². The van der Waals surface area contributed by atoms with Crippen LogP contribution >= 0.6 is 0 Å². The Morgan fingerprint density at radius 1 is 0.693 bits per heavy atom. The highest BCUT2D eigenvalue weighted by atomic mass is 16.6. The van der Waals surface area contributed by atoms with Crippen molar-refractivity contribution < 1.29 is 43.0 Å². The van der Waals surface area contributed by atoms with E-state index in [1.807, 2.05) is 86.1 Å². The van der Waals surface area contributed by atoms with Crippen molar-refractivity contribution in [1.82, 2.24) is 58.8 Å². The summed E-state index contributed by atoms with van der Waals surface area (Å²) in [6.07, 6.45) is 17.2. The number of methoxy groups -OCH3 is 1. The monoisotopic (exact) mass is 1200 g/mol. The molecular formula is C64H75N15O9. The molecule has 8 amide bonds. The molecule has 0 spiro atoms. The fourth-order valence-corrected chi connectivity index (χ4v) is 13.2. The molecule has 3 aromatic carbocycles. The number of hydrogen-bond donors (Lipinski definition) is 3. The minimum atomic E-state index is -0.463. The van der Waals surface area contributed by atoms with Gasteiger partial charge in [-0.2, -0.15) is 14.7 Å². The van der Waals surface area contributed by atoms with E-state index in [-0.39, 0.29) is 60.2 Å². The molecule has 24 heteroatoms. The molecule has 24 nitrogen and oxygen atoms in total. The first-order valence-electron chi connectivity index (χ1n) is 30.5. The fourth-order valence-electron chi connectivity index (χ4n) is 13.2. The lowest BCUT2D eigenvalue weighted by Gasteiger charge is -2.37. The molecule has 5 aliphatic rings. The number of esters is 1. The molecule has 1 aliphatic carbocycles. The summed E-state index contributed by atoms with van der Waals surface area (Å²) >= 11 is 0. The molecular weight excluding hydrogens is 1120 g/mol. The first-order chi connectivity index (χ1) is 42.4. The second-order valence-electron chi connectivity index (χ2n) is 24.6. The van der Waals surface area contributed by atoms with E-state index in [4.69, 9.17) is 14.6 Å². The average Bonchev–Trinajstić information content (AvgIpc) is 2.35. The molecule has 4 saturated heterocycles. The zero-order chi connectivity index (χ0) is 61.4. The highest BCUT2D eigenvalue weighted by molar-refractivity contribution is 6.11. The summed E-state index contributed by atoms with van der Waals surface area (Å²) in [7, 11) is 3.48. The number of ether oxygens (including phenoxy) is 2. The van der Waals surface area contributed by atoms with Crippen LogP contribution in [0.4, 0.5) is 26.8 Å². The minimum absolute atomic E-state index is 0.147. The molecule has 8 aromatic rings. The highest BCUT2D eigenvalue weighted by Gasteiger charge is 2.33. The number of anilines is 3. The number of imide groups is 2. The maximum Gasteiger partial charge on any atom is 0.328 e. The number of imidazole rings is 1. The van der Waals surface area contributed by atoms with Gasteiger partial charge < -0.3 is 28.8 Å². The Kier molecular flexibility index (Phi) is 16.8. The molecule has 3 N–H and O–H groups in total. The largest absolute Gasteiger partial charge is 0.496 e. The predicted octanol–water partition coefficient (Wildman–Crippen LogP) is 8.09. The number of fused-ring (bicyclic) bond motifs is 4. The number of amides is 8. The number of nitrogens with zero attached hydrogens (tertiary/aromatic N) is 12. The maximum atomic E-state index is 13.6. The number of benzene rings is 3. The maximum absolute atomic E-state index is 13.6. The third-order valence-corrected chi connectivity index (χ3v) is 17.8. The average molecular weight is 1200 g/mol. The number of aromatic nitrogens is 7. The zero-order valence-corrected chi connectivity index (χ0v) is 50.4. The van der Waals surface area contributed by atoms with Crippen LogP contribution in [0.5, 0.6) is 5.75 Å². The summed E-state index contributed by atoms with van der Waals surface area (Å²) in [4.78, 5) is 101. The SMILES string of the molecule is CC(C)(C)OC(=O)CN1CCC(n2ccc3c(N4CCC(=O)NC4=O)cccc32)CC1.COc1cc2nn(C3CCC(N(C)C(=O)CN4CCC(n5ccc6c(N7CCC(=O)NC7=O)cccc65)CC4)CC3)cc2cc1C(=O)Nc1cnc2cccnn12. The van der Waals surface area contributed by atoms with Gasteiger partial charge in [0, 0.05) is 124 Å². The van der Waals surface area contributed by atoms with Gasteiger partial charge in [0.05, 0.1) is 65.9 Å². The third kappa shape index (κ3) is 12.5. The van der Waals surface area contributed by atoms with Gasteiger partial charge in [-0.15, -0.1) is 0 Å². The van der Waals surface area contributed by atoms with Gasteiger partial charge in [0.2, 0.25) is 17.7 Å². The van der Waals surface area contributed by atoms with Crippen molar-refractivity contribution in [2.75, 3.05) is 81.6 Å². The lowest BCUT2D eigenvalue weighted by Crippen LogP contribution is -2.49. The molecule has 1 saturated carbocycles. The van der Waals surface area contributed by atoms with E-state index in [2.05, 4.69) is 75.6 Å². The molecule has 0 bridgehead atoms. The second-order valence-corrected chi connectivity index (χ2v) is 24.6. The van der Waals surface area contributed by atoms with Crippen LogP contribution < -0.4 is 30.5 Å². The highest BCUT2D eigenvalue weighted by Crippen LogP contribution is 2.37. The quantitative estimate of drug-likeness (QED) is 0.0924. The van der Waals surface area contributed by atoms with Gasteiger partial charge in [-0.1, -0.05) is 12.1 Å². The van der Waals surface area contributed by atoms with Crippen molar-refractivity contribution in [2.24, 2.45) is 0 Å². The number of urea groups is 2. The third-order valence-electron chi connectivity index (χ3n) is 17.8. The number of rotatable bonds is 13. The van der Waals surface area contributed by atoms with Crippen molar-refractivity contribution in [1.29, 1.82) is 0 Å².